The molecule has 2 aromatic carbocycles. The first-order valence-electron chi connectivity index (χ1n) is 6.44. The van der Waals surface area contributed by atoms with Gasteiger partial charge in [-0.3, -0.25) is 0 Å². The van der Waals surface area contributed by atoms with Crippen molar-refractivity contribution in [1.29, 1.82) is 0 Å². The van der Waals surface area contributed by atoms with E-state index in [9.17, 15) is 13.2 Å². The molecule has 0 saturated heterocycles. The van der Waals surface area contributed by atoms with Gasteiger partial charge < -0.3 is 5.11 Å². The summed E-state index contributed by atoms with van der Waals surface area (Å²) in [5, 5.41) is 8.92. The highest BCUT2D eigenvalue weighted by Crippen LogP contribution is 2.14. The Morgan fingerprint density at radius 2 is 1.62 bits per heavy atom. The normalized spacial score (nSPS) is 11.3. The lowest BCUT2D eigenvalue weighted by Crippen LogP contribution is -2.08. The molecule has 0 bridgehead atoms. The minimum absolute atomic E-state index is 0.0510. The molecule has 2 rings (SSSR count). The lowest BCUT2D eigenvalue weighted by atomic mass is 10.1. The van der Waals surface area contributed by atoms with Gasteiger partial charge in [-0.2, -0.15) is 0 Å². The topological polar surface area (TPSA) is 71.4 Å². The highest BCUT2D eigenvalue weighted by molar-refractivity contribution is 7.89. The predicted molar refractivity (Wildman–Crippen MR) is 80.9 cm³/mol. The van der Waals surface area contributed by atoms with Crippen molar-refractivity contribution < 1.29 is 18.3 Å². The number of hydrogen-bond donors (Lipinski definition) is 1. The Bertz CT molecular complexity index is 746. The fourth-order valence-corrected chi connectivity index (χ4v) is 3.53. The van der Waals surface area contributed by atoms with Gasteiger partial charge >= 0.3 is 5.97 Å². The van der Waals surface area contributed by atoms with E-state index in [1.165, 1.54) is 12.1 Å². The van der Waals surface area contributed by atoms with Gasteiger partial charge in [0, 0.05) is 0 Å². The number of carbonyl (C=O) groups is 1. The van der Waals surface area contributed by atoms with Gasteiger partial charge in [0.1, 0.15) is 0 Å². The summed E-state index contributed by atoms with van der Waals surface area (Å²) in [6, 6.07) is 13.3. The molecule has 0 amide bonds. The van der Waals surface area contributed by atoms with Crippen LogP contribution in [-0.2, 0) is 21.3 Å². The summed E-state index contributed by atoms with van der Waals surface area (Å²) in [7, 11) is -3.34. The monoisotopic (exact) mass is 304 g/mol. The van der Waals surface area contributed by atoms with Crippen molar-refractivity contribution in [2.24, 2.45) is 0 Å². The Hall–Kier alpha value is -2.14. The van der Waals surface area contributed by atoms with E-state index >= 15 is 0 Å². The average Bonchev–Trinajstić information content (AvgIpc) is 2.41. The number of carboxylic acid groups (broad SMARTS) is 1. The third-order valence-corrected chi connectivity index (χ3v) is 4.61. The van der Waals surface area contributed by atoms with Crippen LogP contribution in [-0.4, -0.2) is 19.5 Å². The average molecular weight is 304 g/mol. The van der Waals surface area contributed by atoms with E-state index in [0.29, 0.717) is 5.56 Å². The van der Waals surface area contributed by atoms with Crippen LogP contribution in [0.2, 0.25) is 0 Å². The first-order valence-corrected chi connectivity index (χ1v) is 8.26. The van der Waals surface area contributed by atoms with Crippen molar-refractivity contribution in [3.8, 4) is 0 Å². The number of aryl methyl sites for hydroxylation is 1. The van der Waals surface area contributed by atoms with Gasteiger partial charge in [-0.25, -0.2) is 13.2 Å². The first kappa shape index (κ1) is 15.3. The van der Waals surface area contributed by atoms with Gasteiger partial charge in [-0.15, -0.1) is 0 Å². The summed E-state index contributed by atoms with van der Waals surface area (Å²) in [6.07, 6.45) is 0. The van der Waals surface area contributed by atoms with Crippen molar-refractivity contribution in [1.82, 2.24) is 0 Å². The third kappa shape index (κ3) is 4.43. The fraction of sp³-hybridized carbons (Fsp3) is 0.188. The summed E-state index contributed by atoms with van der Waals surface area (Å²) in [4.78, 5) is 10.9. The molecule has 1 N–H and O–H groups in total. The molecule has 0 aliphatic heterocycles. The van der Waals surface area contributed by atoms with Gasteiger partial charge in [0.05, 0.1) is 17.1 Å². The molecule has 21 heavy (non-hydrogen) atoms. The smallest absolute Gasteiger partial charge is 0.335 e. The molecule has 4 nitrogen and oxygen atoms in total. The second kappa shape index (κ2) is 6.10. The Morgan fingerprint density at radius 1 is 1.00 bits per heavy atom. The molecular formula is C16H16O4S. The van der Waals surface area contributed by atoms with Gasteiger partial charge in [0.2, 0.25) is 0 Å². The van der Waals surface area contributed by atoms with Gasteiger partial charge in [0.15, 0.2) is 9.84 Å². The zero-order valence-corrected chi connectivity index (χ0v) is 12.4. The molecule has 5 heteroatoms. The summed E-state index contributed by atoms with van der Waals surface area (Å²) in [5.74, 6) is -1.28. The van der Waals surface area contributed by atoms with Crippen LogP contribution in [0.1, 0.15) is 27.0 Å². The maximum Gasteiger partial charge on any atom is 0.335 e. The van der Waals surface area contributed by atoms with E-state index in [2.05, 4.69) is 0 Å². The van der Waals surface area contributed by atoms with Crippen LogP contribution in [0.15, 0.2) is 48.5 Å². The molecule has 2 aromatic rings. The summed E-state index contributed by atoms with van der Waals surface area (Å²) in [6.45, 7) is 1.94. The van der Waals surface area contributed by atoms with Crippen LogP contribution >= 0.6 is 0 Å². The summed E-state index contributed by atoms with van der Waals surface area (Å²) < 4.78 is 24.4. The Morgan fingerprint density at radius 3 is 2.24 bits per heavy atom. The third-order valence-electron chi connectivity index (χ3n) is 3.07. The van der Waals surface area contributed by atoms with Crippen LogP contribution in [0, 0.1) is 6.92 Å². The van der Waals surface area contributed by atoms with Crippen molar-refractivity contribution in [3.05, 3.63) is 70.8 Å². The van der Waals surface area contributed by atoms with Crippen LogP contribution < -0.4 is 0 Å². The van der Waals surface area contributed by atoms with Crippen LogP contribution in [0.25, 0.3) is 0 Å². The van der Waals surface area contributed by atoms with Gasteiger partial charge in [-0.05, 0) is 30.2 Å². The molecule has 0 aliphatic carbocycles. The van der Waals surface area contributed by atoms with Crippen LogP contribution in [0.5, 0.6) is 0 Å². The quantitative estimate of drug-likeness (QED) is 0.922. The molecule has 0 atom stereocenters. The molecule has 110 valence electrons. The predicted octanol–water partition coefficient (Wildman–Crippen LogP) is 2.81. The molecule has 0 unspecified atom stereocenters. The second-order valence-corrected chi connectivity index (χ2v) is 7.09. The zero-order chi connectivity index (χ0) is 15.5. The van der Waals surface area contributed by atoms with Gasteiger partial charge in [0.25, 0.3) is 0 Å². The molecule has 0 fully saturated rings. The number of benzene rings is 2. The van der Waals surface area contributed by atoms with E-state index in [1.807, 2.05) is 19.1 Å². The standard InChI is InChI=1S/C16H16O4S/c1-12-5-7-13(8-6-12)10-21(19,20)11-14-3-2-4-15(9-14)16(17)18/h2-9H,10-11H2,1H3,(H,17,18). The molecule has 0 radical (unpaired) electrons. The minimum atomic E-state index is -3.34. The lowest BCUT2D eigenvalue weighted by Gasteiger charge is -2.06. The SMILES string of the molecule is Cc1ccc(CS(=O)(=O)Cc2cccc(C(=O)O)c2)cc1. The minimum Gasteiger partial charge on any atom is -0.478 e. The maximum absolute atomic E-state index is 12.2. The van der Waals surface area contributed by atoms with E-state index in [-0.39, 0.29) is 17.1 Å². The second-order valence-electron chi connectivity index (χ2n) is 5.02. The maximum atomic E-state index is 12.2. The summed E-state index contributed by atoms with van der Waals surface area (Å²) >= 11 is 0. The van der Waals surface area contributed by atoms with E-state index < -0.39 is 15.8 Å². The Kier molecular flexibility index (Phi) is 4.43. The molecule has 0 aromatic heterocycles. The first-order chi connectivity index (χ1) is 9.85. The van der Waals surface area contributed by atoms with E-state index in [4.69, 9.17) is 5.11 Å². The van der Waals surface area contributed by atoms with Crippen molar-refractivity contribution in [2.75, 3.05) is 0 Å². The van der Waals surface area contributed by atoms with Crippen molar-refractivity contribution >= 4 is 15.8 Å². The molecule has 0 saturated carbocycles. The Labute approximate surface area is 124 Å². The molecular weight excluding hydrogens is 288 g/mol. The highest BCUT2D eigenvalue weighted by atomic mass is 32.2. The molecule has 0 heterocycles. The number of sulfone groups is 1. The highest BCUT2D eigenvalue weighted by Gasteiger charge is 2.14. The van der Waals surface area contributed by atoms with Crippen molar-refractivity contribution in [3.63, 3.8) is 0 Å². The number of hydrogen-bond acceptors (Lipinski definition) is 3. The van der Waals surface area contributed by atoms with Crippen molar-refractivity contribution in [2.45, 2.75) is 18.4 Å². The van der Waals surface area contributed by atoms with Gasteiger partial charge in [-0.1, -0.05) is 42.0 Å². The number of carboxylic acids is 1. The molecule has 0 aliphatic rings. The molecule has 0 spiro atoms. The zero-order valence-electron chi connectivity index (χ0n) is 11.6. The van der Waals surface area contributed by atoms with Crippen LogP contribution in [0.3, 0.4) is 0 Å². The summed E-state index contributed by atoms with van der Waals surface area (Å²) in [5.41, 5.74) is 2.39. The lowest BCUT2D eigenvalue weighted by molar-refractivity contribution is 0.0696. The van der Waals surface area contributed by atoms with E-state index in [1.54, 1.807) is 24.3 Å². The fourth-order valence-electron chi connectivity index (χ4n) is 2.04. The van der Waals surface area contributed by atoms with Crippen LogP contribution in [0.4, 0.5) is 0 Å². The van der Waals surface area contributed by atoms with E-state index in [0.717, 1.165) is 11.1 Å². The number of aromatic carboxylic acids is 1. The number of rotatable bonds is 5. The largest absolute Gasteiger partial charge is 0.478 e. The Balaban J connectivity index is 2.15.